The van der Waals surface area contributed by atoms with E-state index in [2.05, 4.69) is 11.8 Å². The number of hydrogen-bond donors (Lipinski definition) is 1. The monoisotopic (exact) mass is 283 g/mol. The highest BCUT2D eigenvalue weighted by molar-refractivity contribution is 7.98. The van der Waals surface area contributed by atoms with E-state index in [4.69, 9.17) is 5.11 Å². The highest BCUT2D eigenvalue weighted by Gasteiger charge is 2.17. The largest absolute Gasteiger partial charge is 0.384 e. The van der Waals surface area contributed by atoms with Crippen LogP contribution in [0.1, 0.15) is 22.2 Å². The first-order valence-corrected chi connectivity index (χ1v) is 7.81. The summed E-state index contributed by atoms with van der Waals surface area (Å²) in [4.78, 5) is 14.7. The van der Waals surface area contributed by atoms with Crippen molar-refractivity contribution in [2.75, 3.05) is 25.7 Å². The molecular formula is C13H17NO2S2. The maximum Gasteiger partial charge on any atom is 0.254 e. The van der Waals surface area contributed by atoms with Gasteiger partial charge >= 0.3 is 0 Å². The third kappa shape index (κ3) is 4.05. The van der Waals surface area contributed by atoms with Crippen LogP contribution < -0.4 is 0 Å². The Bertz CT molecular complexity index is 459. The number of hydrogen-bond acceptors (Lipinski definition) is 4. The normalized spacial score (nSPS) is 11.6. The minimum atomic E-state index is -0.161. The number of nitrogens with zero attached hydrogens (tertiary/aromatic N) is 1. The van der Waals surface area contributed by atoms with Gasteiger partial charge in [0.05, 0.1) is 10.4 Å². The van der Waals surface area contributed by atoms with Gasteiger partial charge in [-0.15, -0.1) is 11.3 Å². The maximum atomic E-state index is 12.2. The van der Waals surface area contributed by atoms with Crippen LogP contribution in [-0.2, 0) is 0 Å². The minimum Gasteiger partial charge on any atom is -0.384 e. The first-order valence-electron chi connectivity index (χ1n) is 5.54. The first-order chi connectivity index (χ1) is 8.60. The van der Waals surface area contributed by atoms with E-state index in [0.717, 1.165) is 10.6 Å². The van der Waals surface area contributed by atoms with E-state index in [1.54, 1.807) is 22.7 Å². The number of aliphatic hydroxyl groups is 1. The molecular weight excluding hydrogens is 266 g/mol. The predicted octanol–water partition coefficient (Wildman–Crippen LogP) is 1.92. The fraction of sp³-hybridized carbons (Fsp3) is 0.462. The molecule has 0 aliphatic carbocycles. The Hall–Kier alpha value is -0.960. The van der Waals surface area contributed by atoms with Crippen LogP contribution in [0.3, 0.4) is 0 Å². The molecule has 98 valence electrons. The SMILES string of the molecule is CSCC(C)N(C)C(=O)c1csc(C#CCO)c1. The number of rotatable bonds is 4. The standard InChI is InChI=1S/C13H17NO2S2/c1-10(8-17-3)14(2)13(16)11-7-12(18-9-11)5-4-6-15/h7,9-10,15H,6,8H2,1-3H3. The van der Waals surface area contributed by atoms with Crippen molar-refractivity contribution < 1.29 is 9.90 Å². The van der Waals surface area contributed by atoms with Crippen LogP contribution in [-0.4, -0.2) is 47.6 Å². The third-order valence-electron chi connectivity index (χ3n) is 2.53. The van der Waals surface area contributed by atoms with E-state index < -0.39 is 0 Å². The van der Waals surface area contributed by atoms with Gasteiger partial charge in [-0.25, -0.2) is 0 Å². The van der Waals surface area contributed by atoms with Crippen LogP contribution >= 0.6 is 23.1 Å². The number of thioether (sulfide) groups is 1. The molecule has 1 amide bonds. The van der Waals surface area contributed by atoms with Gasteiger partial charge in [-0.1, -0.05) is 11.8 Å². The molecule has 0 bridgehead atoms. The summed E-state index contributed by atoms with van der Waals surface area (Å²) in [7, 11) is 1.82. The Morgan fingerprint density at radius 3 is 3.00 bits per heavy atom. The Kier molecular flexibility index (Phi) is 6.27. The van der Waals surface area contributed by atoms with Crippen molar-refractivity contribution in [2.24, 2.45) is 0 Å². The zero-order valence-corrected chi connectivity index (χ0v) is 12.4. The van der Waals surface area contributed by atoms with Crippen LogP contribution in [0.5, 0.6) is 0 Å². The molecule has 0 spiro atoms. The molecule has 0 aliphatic rings. The van der Waals surface area contributed by atoms with Crippen LogP contribution in [0.4, 0.5) is 0 Å². The average molecular weight is 283 g/mol. The second-order valence-corrected chi connectivity index (χ2v) is 5.70. The molecule has 1 atom stereocenters. The molecule has 1 N–H and O–H groups in total. The molecule has 1 heterocycles. The minimum absolute atomic E-state index is 0.0184. The molecule has 1 aromatic rings. The highest BCUT2D eigenvalue weighted by atomic mass is 32.2. The van der Waals surface area contributed by atoms with Crippen molar-refractivity contribution in [3.05, 3.63) is 21.9 Å². The number of aliphatic hydroxyl groups excluding tert-OH is 1. The van der Waals surface area contributed by atoms with Gasteiger partial charge in [0.15, 0.2) is 0 Å². The van der Waals surface area contributed by atoms with E-state index in [1.165, 1.54) is 11.3 Å². The zero-order valence-electron chi connectivity index (χ0n) is 10.8. The van der Waals surface area contributed by atoms with Crippen molar-refractivity contribution >= 4 is 29.0 Å². The molecule has 0 saturated carbocycles. The van der Waals surface area contributed by atoms with Gasteiger partial charge in [0.2, 0.25) is 0 Å². The molecule has 0 aromatic carbocycles. The zero-order chi connectivity index (χ0) is 13.5. The van der Waals surface area contributed by atoms with E-state index in [9.17, 15) is 4.79 Å². The van der Waals surface area contributed by atoms with E-state index in [-0.39, 0.29) is 18.6 Å². The molecule has 0 saturated heterocycles. The lowest BCUT2D eigenvalue weighted by Gasteiger charge is -2.23. The lowest BCUT2D eigenvalue weighted by molar-refractivity contribution is 0.0758. The maximum absolute atomic E-state index is 12.2. The van der Waals surface area contributed by atoms with Crippen molar-refractivity contribution in [2.45, 2.75) is 13.0 Å². The summed E-state index contributed by atoms with van der Waals surface area (Å²) in [5, 5.41) is 10.4. The fourth-order valence-electron chi connectivity index (χ4n) is 1.40. The van der Waals surface area contributed by atoms with E-state index in [0.29, 0.717) is 5.56 Å². The quantitative estimate of drug-likeness (QED) is 0.858. The first kappa shape index (κ1) is 15.1. The average Bonchev–Trinajstić information content (AvgIpc) is 2.83. The van der Waals surface area contributed by atoms with Gasteiger partial charge in [0, 0.05) is 24.2 Å². The van der Waals surface area contributed by atoms with Gasteiger partial charge in [0.25, 0.3) is 5.91 Å². The predicted molar refractivity (Wildman–Crippen MR) is 78.2 cm³/mol. The van der Waals surface area contributed by atoms with Crippen LogP contribution in [0.15, 0.2) is 11.4 Å². The Labute approximate surface area is 116 Å². The smallest absolute Gasteiger partial charge is 0.254 e. The summed E-state index contributed by atoms with van der Waals surface area (Å²) in [6.07, 6.45) is 2.03. The summed E-state index contributed by atoms with van der Waals surface area (Å²) < 4.78 is 0. The molecule has 1 rings (SSSR count). The molecule has 18 heavy (non-hydrogen) atoms. The molecule has 5 heteroatoms. The summed E-state index contributed by atoms with van der Waals surface area (Å²) in [5.41, 5.74) is 0.665. The lowest BCUT2D eigenvalue weighted by atomic mass is 10.2. The summed E-state index contributed by atoms with van der Waals surface area (Å²) >= 11 is 3.15. The van der Waals surface area contributed by atoms with Crippen molar-refractivity contribution in [3.63, 3.8) is 0 Å². The van der Waals surface area contributed by atoms with Gasteiger partial charge in [-0.05, 0) is 19.2 Å². The molecule has 0 aliphatic heterocycles. The number of carbonyl (C=O) groups excluding carboxylic acids is 1. The Balaban J connectivity index is 2.75. The van der Waals surface area contributed by atoms with E-state index >= 15 is 0 Å². The van der Waals surface area contributed by atoms with Gasteiger partial charge < -0.3 is 10.0 Å². The Morgan fingerprint density at radius 2 is 2.39 bits per heavy atom. The second kappa shape index (κ2) is 7.47. The van der Waals surface area contributed by atoms with Crippen LogP contribution in [0.2, 0.25) is 0 Å². The van der Waals surface area contributed by atoms with Gasteiger partial charge in [-0.3, -0.25) is 4.79 Å². The summed E-state index contributed by atoms with van der Waals surface area (Å²) in [5.74, 6) is 6.32. The number of amides is 1. The summed E-state index contributed by atoms with van der Waals surface area (Å²) in [6.45, 7) is 1.87. The number of thiophene rings is 1. The highest BCUT2D eigenvalue weighted by Crippen LogP contribution is 2.16. The van der Waals surface area contributed by atoms with Crippen molar-refractivity contribution in [3.8, 4) is 11.8 Å². The fourth-order valence-corrected chi connectivity index (χ4v) is 2.85. The third-order valence-corrected chi connectivity index (χ3v) is 4.19. The van der Waals surface area contributed by atoms with Crippen molar-refractivity contribution in [1.82, 2.24) is 4.90 Å². The second-order valence-electron chi connectivity index (χ2n) is 3.88. The van der Waals surface area contributed by atoms with Crippen molar-refractivity contribution in [1.29, 1.82) is 0 Å². The van der Waals surface area contributed by atoms with Crippen LogP contribution in [0, 0.1) is 11.8 Å². The Morgan fingerprint density at radius 1 is 1.67 bits per heavy atom. The summed E-state index contributed by atoms with van der Waals surface area (Å²) in [6, 6.07) is 1.98. The lowest BCUT2D eigenvalue weighted by Crippen LogP contribution is -2.36. The molecule has 1 aromatic heterocycles. The van der Waals surface area contributed by atoms with E-state index in [1.807, 2.05) is 25.6 Å². The topological polar surface area (TPSA) is 40.5 Å². The number of carbonyl (C=O) groups is 1. The van der Waals surface area contributed by atoms with Crippen LogP contribution in [0.25, 0.3) is 0 Å². The molecule has 0 fully saturated rings. The molecule has 0 radical (unpaired) electrons. The molecule has 3 nitrogen and oxygen atoms in total. The molecule has 1 unspecified atom stereocenters. The van der Waals surface area contributed by atoms with Gasteiger partial charge in [0.1, 0.15) is 6.61 Å². The van der Waals surface area contributed by atoms with Gasteiger partial charge in [-0.2, -0.15) is 11.8 Å².